The van der Waals surface area contributed by atoms with Crippen LogP contribution >= 0.6 is 11.3 Å². The molecule has 2 heterocycles. The van der Waals surface area contributed by atoms with Gasteiger partial charge < -0.3 is 15.4 Å². The van der Waals surface area contributed by atoms with Gasteiger partial charge in [-0.2, -0.15) is 5.10 Å². The van der Waals surface area contributed by atoms with Crippen molar-refractivity contribution < 1.29 is 14.3 Å². The molecule has 2 N–H and O–H groups in total. The van der Waals surface area contributed by atoms with E-state index in [0.717, 1.165) is 10.4 Å². The van der Waals surface area contributed by atoms with Gasteiger partial charge in [0, 0.05) is 12.7 Å². The maximum Gasteiger partial charge on any atom is 0.342 e. The first-order valence-corrected chi connectivity index (χ1v) is 9.89. The van der Waals surface area contributed by atoms with Crippen molar-refractivity contribution in [3.63, 3.8) is 0 Å². The topological polar surface area (TPSA) is 85.3 Å². The Bertz CT molecular complexity index is 907. The van der Waals surface area contributed by atoms with E-state index in [2.05, 4.69) is 15.7 Å². The first-order valence-electron chi connectivity index (χ1n) is 9.01. The summed E-state index contributed by atoms with van der Waals surface area (Å²) in [4.78, 5) is 24.9. The summed E-state index contributed by atoms with van der Waals surface area (Å²) < 4.78 is 7.07. The van der Waals surface area contributed by atoms with Gasteiger partial charge in [0.1, 0.15) is 17.9 Å². The number of hydrogen-bond acceptors (Lipinski definition) is 5. The molecule has 0 saturated carbocycles. The number of hydrogen-bond donors (Lipinski definition) is 2. The minimum absolute atomic E-state index is 0.0870. The van der Waals surface area contributed by atoms with Crippen molar-refractivity contribution in [1.29, 1.82) is 0 Å². The van der Waals surface area contributed by atoms with Gasteiger partial charge >= 0.3 is 12.0 Å². The normalized spacial score (nSPS) is 10.5. The van der Waals surface area contributed by atoms with Gasteiger partial charge in [-0.25, -0.2) is 9.59 Å². The van der Waals surface area contributed by atoms with E-state index in [4.69, 9.17) is 4.74 Å². The van der Waals surface area contributed by atoms with Crippen LogP contribution in [0, 0.1) is 0 Å². The van der Waals surface area contributed by atoms with Crippen LogP contribution in [-0.2, 0) is 11.3 Å². The standard InChI is InChI=1S/C20H22N4O3S/c1-2-21-20(26)22-10-11-27-19(25)16-14-24(13-15-7-4-3-5-8-15)23-18(16)17-9-6-12-28-17/h3-9,12,14H,2,10-11,13H2,1H3,(H2,21,22,26). The van der Waals surface area contributed by atoms with Crippen molar-refractivity contribution in [2.45, 2.75) is 13.5 Å². The highest BCUT2D eigenvalue weighted by atomic mass is 32.1. The Morgan fingerprint density at radius 2 is 1.96 bits per heavy atom. The van der Waals surface area contributed by atoms with Gasteiger partial charge in [0.2, 0.25) is 0 Å². The Morgan fingerprint density at radius 1 is 1.14 bits per heavy atom. The Labute approximate surface area is 167 Å². The molecule has 0 atom stereocenters. The van der Waals surface area contributed by atoms with Crippen LogP contribution < -0.4 is 10.6 Å². The maximum atomic E-state index is 12.6. The summed E-state index contributed by atoms with van der Waals surface area (Å²) >= 11 is 1.52. The molecular formula is C20H22N4O3S. The van der Waals surface area contributed by atoms with Crippen LogP contribution in [0.2, 0.25) is 0 Å². The molecule has 2 amide bonds. The second kappa shape index (κ2) is 9.70. The van der Waals surface area contributed by atoms with E-state index in [1.807, 2.05) is 54.8 Å². The molecule has 0 spiro atoms. The quantitative estimate of drug-likeness (QED) is 0.451. The number of nitrogens with zero attached hydrogens (tertiary/aromatic N) is 2. The van der Waals surface area contributed by atoms with Gasteiger partial charge in [0.15, 0.2) is 0 Å². The number of carbonyl (C=O) groups is 2. The van der Waals surface area contributed by atoms with E-state index in [1.54, 1.807) is 10.9 Å². The number of carbonyl (C=O) groups excluding carboxylic acids is 2. The Kier molecular flexibility index (Phi) is 6.80. The first kappa shape index (κ1) is 19.6. The van der Waals surface area contributed by atoms with E-state index in [9.17, 15) is 9.59 Å². The maximum absolute atomic E-state index is 12.6. The monoisotopic (exact) mass is 398 g/mol. The van der Waals surface area contributed by atoms with E-state index in [1.165, 1.54) is 11.3 Å². The van der Waals surface area contributed by atoms with Crippen LogP contribution in [0.3, 0.4) is 0 Å². The zero-order valence-corrected chi connectivity index (χ0v) is 16.4. The van der Waals surface area contributed by atoms with Gasteiger partial charge in [0.05, 0.1) is 18.0 Å². The van der Waals surface area contributed by atoms with Crippen LogP contribution in [0.4, 0.5) is 4.79 Å². The highest BCUT2D eigenvalue weighted by Crippen LogP contribution is 2.27. The number of thiophene rings is 1. The predicted molar refractivity (Wildman–Crippen MR) is 108 cm³/mol. The minimum Gasteiger partial charge on any atom is -0.460 e. The second-order valence-electron chi connectivity index (χ2n) is 5.97. The summed E-state index contributed by atoms with van der Waals surface area (Å²) in [6, 6.07) is 13.5. The van der Waals surface area contributed by atoms with Gasteiger partial charge in [-0.05, 0) is 23.9 Å². The van der Waals surface area contributed by atoms with Gasteiger partial charge in [-0.15, -0.1) is 11.3 Å². The van der Waals surface area contributed by atoms with Crippen LogP contribution in [0.15, 0.2) is 54.0 Å². The summed E-state index contributed by atoms with van der Waals surface area (Å²) in [5.74, 6) is -0.458. The Balaban J connectivity index is 1.69. The number of aromatic nitrogens is 2. The van der Waals surface area contributed by atoms with E-state index >= 15 is 0 Å². The lowest BCUT2D eigenvalue weighted by atomic mass is 10.2. The van der Waals surface area contributed by atoms with Crippen LogP contribution in [0.25, 0.3) is 10.6 Å². The largest absolute Gasteiger partial charge is 0.460 e. The van der Waals surface area contributed by atoms with Crippen molar-refractivity contribution in [2.75, 3.05) is 19.7 Å². The molecule has 8 heteroatoms. The molecular weight excluding hydrogens is 376 g/mol. The molecule has 0 fully saturated rings. The van der Waals surface area contributed by atoms with Crippen molar-refractivity contribution in [1.82, 2.24) is 20.4 Å². The molecule has 0 bridgehead atoms. The van der Waals surface area contributed by atoms with Crippen molar-refractivity contribution in [2.24, 2.45) is 0 Å². The molecule has 3 rings (SSSR count). The molecule has 1 aromatic carbocycles. The fourth-order valence-electron chi connectivity index (χ4n) is 2.63. The SMILES string of the molecule is CCNC(=O)NCCOC(=O)c1cn(Cc2ccccc2)nc1-c1cccs1. The third kappa shape index (κ3) is 5.20. The van der Waals surface area contributed by atoms with Crippen LogP contribution in [-0.4, -0.2) is 41.5 Å². The third-order valence-electron chi connectivity index (χ3n) is 3.88. The molecule has 0 aliphatic carbocycles. The summed E-state index contributed by atoms with van der Waals surface area (Å²) in [7, 11) is 0. The van der Waals surface area contributed by atoms with Crippen LogP contribution in [0.5, 0.6) is 0 Å². The summed E-state index contributed by atoms with van der Waals surface area (Å²) in [6.45, 7) is 3.26. The Hall–Kier alpha value is -3.13. The smallest absolute Gasteiger partial charge is 0.342 e. The predicted octanol–water partition coefficient (Wildman–Crippen LogP) is 3.14. The molecule has 7 nitrogen and oxygen atoms in total. The van der Waals surface area contributed by atoms with Crippen LogP contribution in [0.1, 0.15) is 22.8 Å². The average molecular weight is 398 g/mol. The lowest BCUT2D eigenvalue weighted by Crippen LogP contribution is -2.37. The zero-order valence-electron chi connectivity index (χ0n) is 15.6. The molecule has 3 aromatic rings. The number of esters is 1. The fourth-order valence-corrected chi connectivity index (χ4v) is 3.35. The second-order valence-corrected chi connectivity index (χ2v) is 6.92. The number of benzene rings is 1. The van der Waals surface area contributed by atoms with E-state index in [-0.39, 0.29) is 19.2 Å². The van der Waals surface area contributed by atoms with Crippen molar-refractivity contribution in [3.8, 4) is 10.6 Å². The number of nitrogens with one attached hydrogen (secondary N) is 2. The fraction of sp³-hybridized carbons (Fsp3) is 0.250. The molecule has 28 heavy (non-hydrogen) atoms. The number of ether oxygens (including phenoxy) is 1. The number of amides is 2. The van der Waals surface area contributed by atoms with Gasteiger partial charge in [-0.3, -0.25) is 4.68 Å². The van der Waals surface area contributed by atoms with Crippen molar-refractivity contribution in [3.05, 3.63) is 65.2 Å². The first-order chi connectivity index (χ1) is 13.7. The number of urea groups is 1. The number of rotatable bonds is 8. The minimum atomic E-state index is -0.458. The zero-order chi connectivity index (χ0) is 19.8. The van der Waals surface area contributed by atoms with Crippen molar-refractivity contribution >= 4 is 23.3 Å². The molecule has 0 radical (unpaired) electrons. The molecule has 0 aliphatic rings. The molecule has 0 aliphatic heterocycles. The average Bonchev–Trinajstić information content (AvgIpc) is 3.36. The summed E-state index contributed by atoms with van der Waals surface area (Å²) in [5.41, 5.74) is 2.11. The third-order valence-corrected chi connectivity index (χ3v) is 4.76. The molecule has 0 unspecified atom stereocenters. The van der Waals surface area contributed by atoms with E-state index in [0.29, 0.717) is 24.3 Å². The Morgan fingerprint density at radius 3 is 2.68 bits per heavy atom. The molecule has 146 valence electrons. The molecule has 2 aromatic heterocycles. The lowest BCUT2D eigenvalue weighted by molar-refractivity contribution is 0.0511. The lowest BCUT2D eigenvalue weighted by Gasteiger charge is -2.07. The molecule has 0 saturated heterocycles. The summed E-state index contributed by atoms with van der Waals surface area (Å²) in [6.07, 6.45) is 1.71. The highest BCUT2D eigenvalue weighted by Gasteiger charge is 2.20. The summed E-state index contributed by atoms with van der Waals surface area (Å²) in [5, 5.41) is 11.8. The van der Waals surface area contributed by atoms with E-state index < -0.39 is 5.97 Å². The highest BCUT2D eigenvalue weighted by molar-refractivity contribution is 7.13. The van der Waals surface area contributed by atoms with Gasteiger partial charge in [-0.1, -0.05) is 36.4 Å². The van der Waals surface area contributed by atoms with Gasteiger partial charge in [0.25, 0.3) is 0 Å².